The lowest BCUT2D eigenvalue weighted by atomic mass is 9.98. The minimum Gasteiger partial charge on any atom is -0.372 e. The van der Waals surface area contributed by atoms with E-state index in [1.165, 1.54) is 0 Å². The molecular weight excluding hydrogens is 196 g/mol. The molecule has 0 spiro atoms. The van der Waals surface area contributed by atoms with E-state index in [1.54, 1.807) is 14.0 Å². The van der Waals surface area contributed by atoms with Crippen molar-refractivity contribution in [3.63, 3.8) is 0 Å². The summed E-state index contributed by atoms with van der Waals surface area (Å²) in [6, 6.07) is 0. The largest absolute Gasteiger partial charge is 0.372 e. The Balaban J connectivity index is 2.46. The fourth-order valence-electron chi connectivity index (χ4n) is 1.85. The van der Waals surface area contributed by atoms with Crippen molar-refractivity contribution in [1.29, 1.82) is 0 Å². The summed E-state index contributed by atoms with van der Waals surface area (Å²) in [5, 5.41) is 0. The third-order valence-electron chi connectivity index (χ3n) is 2.57. The van der Waals surface area contributed by atoms with Crippen LogP contribution in [0, 0.1) is 0 Å². The predicted molar refractivity (Wildman–Crippen MR) is 55.6 cm³/mol. The average molecular weight is 216 g/mol. The summed E-state index contributed by atoms with van der Waals surface area (Å²) >= 11 is 0. The van der Waals surface area contributed by atoms with Gasteiger partial charge in [0.15, 0.2) is 0 Å². The summed E-state index contributed by atoms with van der Waals surface area (Å²) in [7, 11) is 1.59. The van der Waals surface area contributed by atoms with Crippen molar-refractivity contribution in [2.75, 3.05) is 13.9 Å². The number of ether oxygens (including phenoxy) is 3. The second-order valence-electron chi connectivity index (χ2n) is 4.08. The van der Waals surface area contributed by atoms with Gasteiger partial charge in [0.25, 0.3) is 0 Å². The van der Waals surface area contributed by atoms with Gasteiger partial charge in [-0.3, -0.25) is 4.79 Å². The molecular formula is C11H20O4. The van der Waals surface area contributed by atoms with Gasteiger partial charge in [0.1, 0.15) is 12.6 Å². The number of Topliss-reactive ketones (excluding diaryl/α,β-unsaturated/α-hetero) is 1. The zero-order valence-corrected chi connectivity index (χ0v) is 9.69. The lowest BCUT2D eigenvalue weighted by Crippen LogP contribution is -2.40. The lowest BCUT2D eigenvalue weighted by Gasteiger charge is -2.34. The second kappa shape index (κ2) is 6.20. The van der Waals surface area contributed by atoms with Crippen LogP contribution in [-0.4, -0.2) is 38.0 Å². The van der Waals surface area contributed by atoms with E-state index in [0.717, 1.165) is 12.8 Å². The van der Waals surface area contributed by atoms with Crippen LogP contribution >= 0.6 is 0 Å². The molecule has 0 aromatic heterocycles. The molecule has 88 valence electrons. The molecule has 1 rings (SSSR count). The summed E-state index contributed by atoms with van der Waals surface area (Å²) in [5.41, 5.74) is 0. The number of hydrogen-bond acceptors (Lipinski definition) is 4. The Morgan fingerprint density at radius 1 is 1.47 bits per heavy atom. The maximum Gasteiger partial charge on any atom is 0.146 e. The first-order chi connectivity index (χ1) is 7.13. The van der Waals surface area contributed by atoms with Crippen LogP contribution < -0.4 is 0 Å². The maximum absolute atomic E-state index is 11.1. The first-order valence-electron chi connectivity index (χ1n) is 5.39. The monoisotopic (exact) mass is 216 g/mol. The predicted octanol–water partition coefficient (Wildman–Crippen LogP) is 1.52. The molecule has 1 fully saturated rings. The zero-order chi connectivity index (χ0) is 11.3. The Morgan fingerprint density at radius 2 is 2.20 bits per heavy atom. The van der Waals surface area contributed by atoms with Gasteiger partial charge in [-0.25, -0.2) is 0 Å². The van der Waals surface area contributed by atoms with Gasteiger partial charge in [0.05, 0.1) is 18.3 Å². The van der Waals surface area contributed by atoms with Crippen LogP contribution in [0.25, 0.3) is 0 Å². The zero-order valence-electron chi connectivity index (χ0n) is 9.69. The quantitative estimate of drug-likeness (QED) is 0.654. The van der Waals surface area contributed by atoms with Crippen LogP contribution in [0.4, 0.5) is 0 Å². The molecule has 15 heavy (non-hydrogen) atoms. The smallest absolute Gasteiger partial charge is 0.146 e. The molecule has 0 amide bonds. The number of carbonyl (C=O) groups excluding carboxylic acids is 1. The van der Waals surface area contributed by atoms with Gasteiger partial charge >= 0.3 is 0 Å². The Kier molecular flexibility index (Phi) is 5.22. The van der Waals surface area contributed by atoms with Gasteiger partial charge in [-0.15, -0.1) is 0 Å². The summed E-state index contributed by atoms with van der Waals surface area (Å²) in [6.45, 7) is 3.87. The van der Waals surface area contributed by atoms with Crippen LogP contribution in [0.2, 0.25) is 0 Å². The number of carbonyl (C=O) groups is 1. The molecule has 1 saturated heterocycles. The highest BCUT2D eigenvalue weighted by Gasteiger charge is 2.30. The maximum atomic E-state index is 11.1. The van der Waals surface area contributed by atoms with E-state index in [4.69, 9.17) is 14.2 Å². The molecule has 0 saturated carbocycles. The average Bonchev–Trinajstić information content (AvgIpc) is 2.16. The molecule has 0 aliphatic carbocycles. The minimum absolute atomic E-state index is 0.00921. The molecule has 4 heteroatoms. The van der Waals surface area contributed by atoms with Crippen LogP contribution in [0.1, 0.15) is 33.1 Å². The highest BCUT2D eigenvalue weighted by atomic mass is 16.7. The Morgan fingerprint density at radius 3 is 2.80 bits per heavy atom. The van der Waals surface area contributed by atoms with Crippen molar-refractivity contribution in [1.82, 2.24) is 0 Å². The van der Waals surface area contributed by atoms with E-state index in [2.05, 4.69) is 0 Å². The van der Waals surface area contributed by atoms with Crippen molar-refractivity contribution >= 4 is 5.78 Å². The minimum atomic E-state index is -0.110. The Labute approximate surface area is 90.9 Å². The molecule has 0 aromatic rings. The number of hydrogen-bond donors (Lipinski definition) is 0. The van der Waals surface area contributed by atoms with Gasteiger partial charge in [0, 0.05) is 13.5 Å². The Hall–Kier alpha value is -0.450. The van der Waals surface area contributed by atoms with Crippen molar-refractivity contribution in [3.8, 4) is 0 Å². The van der Waals surface area contributed by atoms with Crippen LogP contribution in [0.15, 0.2) is 0 Å². The summed E-state index contributed by atoms with van der Waals surface area (Å²) in [4.78, 5) is 11.1. The van der Waals surface area contributed by atoms with E-state index in [-0.39, 0.29) is 30.9 Å². The van der Waals surface area contributed by atoms with Gasteiger partial charge in [-0.05, 0) is 26.7 Å². The highest BCUT2D eigenvalue weighted by Crippen LogP contribution is 2.24. The highest BCUT2D eigenvalue weighted by molar-refractivity contribution is 5.76. The molecule has 0 radical (unpaired) electrons. The summed E-state index contributed by atoms with van der Waals surface area (Å²) < 4.78 is 16.1. The Bertz CT molecular complexity index is 203. The summed E-state index contributed by atoms with van der Waals surface area (Å²) in [5.74, 6) is 0.139. The molecule has 4 nitrogen and oxygen atoms in total. The van der Waals surface area contributed by atoms with E-state index in [1.807, 2.05) is 6.92 Å². The number of rotatable bonds is 5. The first-order valence-corrected chi connectivity index (χ1v) is 5.39. The van der Waals surface area contributed by atoms with Crippen LogP contribution in [-0.2, 0) is 19.0 Å². The van der Waals surface area contributed by atoms with E-state index in [9.17, 15) is 4.79 Å². The van der Waals surface area contributed by atoms with Crippen molar-refractivity contribution in [3.05, 3.63) is 0 Å². The standard InChI is InChI=1S/C11H20O4/c1-8(12)6-11-10(14-7-13-3)5-4-9(2)15-11/h9-11H,4-7H2,1-3H3/t9-,10+,11-/m1/s1. The van der Waals surface area contributed by atoms with Gasteiger partial charge in [0.2, 0.25) is 0 Å². The molecule has 0 bridgehead atoms. The molecule has 1 heterocycles. The molecule has 1 aliphatic rings. The van der Waals surface area contributed by atoms with Crippen molar-refractivity contribution in [2.45, 2.75) is 51.4 Å². The van der Waals surface area contributed by atoms with E-state index in [0.29, 0.717) is 6.42 Å². The lowest BCUT2D eigenvalue weighted by molar-refractivity contribution is -0.172. The van der Waals surface area contributed by atoms with Crippen molar-refractivity contribution in [2.24, 2.45) is 0 Å². The molecule has 0 unspecified atom stereocenters. The normalized spacial score (nSPS) is 31.5. The molecule has 0 aromatic carbocycles. The molecule has 3 atom stereocenters. The fraction of sp³-hybridized carbons (Fsp3) is 0.909. The van der Waals surface area contributed by atoms with Gasteiger partial charge < -0.3 is 14.2 Å². The number of ketones is 1. The topological polar surface area (TPSA) is 44.8 Å². The SMILES string of the molecule is COCO[C@H]1CC[C@@H](C)O[C@@H]1CC(C)=O. The van der Waals surface area contributed by atoms with Crippen molar-refractivity contribution < 1.29 is 19.0 Å². The first kappa shape index (κ1) is 12.6. The van der Waals surface area contributed by atoms with E-state index < -0.39 is 0 Å². The van der Waals surface area contributed by atoms with Crippen LogP contribution in [0.3, 0.4) is 0 Å². The number of methoxy groups -OCH3 is 1. The van der Waals surface area contributed by atoms with Crippen LogP contribution in [0.5, 0.6) is 0 Å². The van der Waals surface area contributed by atoms with E-state index >= 15 is 0 Å². The molecule has 0 N–H and O–H groups in total. The van der Waals surface area contributed by atoms with Gasteiger partial charge in [-0.2, -0.15) is 0 Å². The third-order valence-corrected chi connectivity index (χ3v) is 2.57. The molecule has 1 aliphatic heterocycles. The van der Waals surface area contributed by atoms with Gasteiger partial charge in [-0.1, -0.05) is 0 Å². The third kappa shape index (κ3) is 4.28. The second-order valence-corrected chi connectivity index (χ2v) is 4.08. The fourth-order valence-corrected chi connectivity index (χ4v) is 1.85. The summed E-state index contributed by atoms with van der Waals surface area (Å²) in [6.07, 6.45) is 2.44.